The third kappa shape index (κ3) is 10.3. The van der Waals surface area contributed by atoms with Gasteiger partial charge in [-0.05, 0) is 55.7 Å². The van der Waals surface area contributed by atoms with Gasteiger partial charge in [0.1, 0.15) is 17.2 Å². The maximum Gasteiger partial charge on any atom is 0.323 e. The lowest BCUT2D eigenvalue weighted by Gasteiger charge is -2.38. The Balaban J connectivity index is 1.90. The molecule has 48 heavy (non-hydrogen) atoms. The van der Waals surface area contributed by atoms with Crippen molar-refractivity contribution in [1.82, 2.24) is 10.2 Å². The minimum atomic E-state index is -1.44. The number of aliphatic carboxylic acids is 1. The number of carbonyl (C=O) groups is 5. The molecule has 12 nitrogen and oxygen atoms in total. The Morgan fingerprint density at radius 1 is 0.896 bits per heavy atom. The van der Waals surface area contributed by atoms with Crippen molar-refractivity contribution >= 4 is 29.4 Å². The number of nitrogens with zero attached hydrogens (tertiary/aromatic N) is 1. The number of nitrogens with two attached hydrogens (primary N) is 4. The van der Waals surface area contributed by atoms with Crippen molar-refractivity contribution < 1.29 is 29.1 Å². The van der Waals surface area contributed by atoms with Crippen molar-refractivity contribution in [3.8, 4) is 0 Å². The molecule has 10 N–H and O–H groups in total. The Morgan fingerprint density at radius 2 is 1.46 bits per heavy atom. The van der Waals surface area contributed by atoms with Gasteiger partial charge < -0.3 is 38.3 Å². The van der Waals surface area contributed by atoms with Gasteiger partial charge in [-0.2, -0.15) is 0 Å². The van der Waals surface area contributed by atoms with Crippen LogP contribution in [0.2, 0.25) is 0 Å². The quantitative estimate of drug-likeness (QED) is 0.101. The summed E-state index contributed by atoms with van der Waals surface area (Å²) in [5.41, 5.74) is 24.6. The highest BCUT2D eigenvalue weighted by atomic mass is 16.4. The number of carboxylic acids is 1. The summed E-state index contributed by atoms with van der Waals surface area (Å²) in [5, 5.41) is 12.4. The molecule has 262 valence electrons. The van der Waals surface area contributed by atoms with Crippen LogP contribution in [0.4, 0.5) is 0 Å². The predicted molar refractivity (Wildman–Crippen MR) is 183 cm³/mol. The standard InChI is InChI=1S/C36H52N6O6/c1-23(2)21-28(32(44)26(15-9-10-18-37)34(46)42-19-16-36(40,17-20-42)35(47)48)41-33(45)30(31(39)25-13-7-4-8-14-25)29(43)22-27(38)24-11-5-3-6-12-24/h3-8,11-14,23,26-28,30-31H,9-10,15-22,37-40H2,1-2H3,(H,41,45)(H,47,48)/t26-,27-,28-,30+,31?/m1/s1. The number of carbonyl (C=O) groups excluding carboxylic acids is 4. The minimum absolute atomic E-state index is 0.0501. The molecule has 0 radical (unpaired) electrons. The van der Waals surface area contributed by atoms with Gasteiger partial charge in [-0.25, -0.2) is 0 Å². The molecule has 5 atom stereocenters. The van der Waals surface area contributed by atoms with Crippen LogP contribution in [0.5, 0.6) is 0 Å². The summed E-state index contributed by atoms with van der Waals surface area (Å²) in [6.07, 6.45) is 1.48. The maximum absolute atomic E-state index is 14.3. The lowest BCUT2D eigenvalue weighted by atomic mass is 9.83. The minimum Gasteiger partial charge on any atom is -0.480 e. The van der Waals surface area contributed by atoms with Crippen molar-refractivity contribution in [2.24, 2.45) is 40.7 Å². The molecule has 1 saturated heterocycles. The van der Waals surface area contributed by atoms with Crippen molar-refractivity contribution in [2.45, 2.75) is 82.5 Å². The van der Waals surface area contributed by atoms with Gasteiger partial charge in [0.15, 0.2) is 5.78 Å². The second-order valence-corrected chi connectivity index (χ2v) is 13.3. The fourth-order valence-electron chi connectivity index (χ4n) is 6.20. The highest BCUT2D eigenvalue weighted by Gasteiger charge is 2.43. The summed E-state index contributed by atoms with van der Waals surface area (Å²) in [4.78, 5) is 69.3. The van der Waals surface area contributed by atoms with E-state index in [9.17, 15) is 29.1 Å². The van der Waals surface area contributed by atoms with Crippen molar-refractivity contribution in [2.75, 3.05) is 19.6 Å². The van der Waals surface area contributed by atoms with Gasteiger partial charge in [0.05, 0.1) is 12.0 Å². The lowest BCUT2D eigenvalue weighted by molar-refractivity contribution is -0.150. The molecular weight excluding hydrogens is 612 g/mol. The number of amides is 2. The Labute approximate surface area is 283 Å². The fourth-order valence-corrected chi connectivity index (χ4v) is 6.20. The number of benzene rings is 2. The average molecular weight is 665 g/mol. The third-order valence-corrected chi connectivity index (χ3v) is 9.17. The summed E-state index contributed by atoms with van der Waals surface area (Å²) in [6.45, 7) is 4.35. The molecule has 2 aromatic rings. The number of likely N-dealkylation sites (tertiary alicyclic amines) is 1. The van der Waals surface area contributed by atoms with Crippen molar-refractivity contribution in [3.05, 3.63) is 71.8 Å². The first-order valence-electron chi connectivity index (χ1n) is 16.8. The van der Waals surface area contributed by atoms with Crippen LogP contribution in [0.15, 0.2) is 60.7 Å². The molecule has 0 aliphatic carbocycles. The first-order valence-corrected chi connectivity index (χ1v) is 16.8. The van der Waals surface area contributed by atoms with E-state index in [1.807, 2.05) is 32.0 Å². The molecule has 1 fully saturated rings. The van der Waals surface area contributed by atoms with E-state index in [2.05, 4.69) is 5.32 Å². The van der Waals surface area contributed by atoms with E-state index in [1.54, 1.807) is 42.5 Å². The predicted octanol–water partition coefficient (Wildman–Crippen LogP) is 2.21. The summed E-state index contributed by atoms with van der Waals surface area (Å²) >= 11 is 0. The van der Waals surface area contributed by atoms with Gasteiger partial charge >= 0.3 is 5.97 Å². The first kappa shape index (κ1) is 38.5. The summed E-state index contributed by atoms with van der Waals surface area (Å²) in [5.74, 6) is -5.72. The number of Topliss-reactive ketones (excluding diaryl/α,β-unsaturated/α-hetero) is 2. The highest BCUT2D eigenvalue weighted by Crippen LogP contribution is 2.28. The number of carboxylic acid groups (broad SMARTS) is 1. The molecule has 0 aromatic heterocycles. The highest BCUT2D eigenvalue weighted by molar-refractivity contribution is 6.07. The van der Waals surface area contributed by atoms with Crippen LogP contribution in [0.3, 0.4) is 0 Å². The molecule has 1 heterocycles. The van der Waals surface area contributed by atoms with Crippen LogP contribution < -0.4 is 28.3 Å². The monoisotopic (exact) mass is 664 g/mol. The van der Waals surface area contributed by atoms with Crippen molar-refractivity contribution in [3.63, 3.8) is 0 Å². The Bertz CT molecular complexity index is 1380. The molecule has 0 spiro atoms. The van der Waals surface area contributed by atoms with Crippen LogP contribution in [0.1, 0.15) is 82.0 Å². The van der Waals surface area contributed by atoms with Gasteiger partial charge in [0.25, 0.3) is 0 Å². The van der Waals surface area contributed by atoms with E-state index in [4.69, 9.17) is 22.9 Å². The van der Waals surface area contributed by atoms with Crippen LogP contribution in [-0.2, 0) is 24.0 Å². The molecule has 1 unspecified atom stereocenters. The zero-order chi connectivity index (χ0) is 35.4. The van der Waals surface area contributed by atoms with Gasteiger partial charge in [0, 0.05) is 31.6 Å². The molecule has 3 rings (SSSR count). The first-order chi connectivity index (χ1) is 22.8. The van der Waals surface area contributed by atoms with E-state index in [1.165, 1.54) is 4.90 Å². The molecule has 12 heteroatoms. The molecule has 0 bridgehead atoms. The van der Waals surface area contributed by atoms with Crippen LogP contribution >= 0.6 is 0 Å². The molecule has 0 saturated carbocycles. The van der Waals surface area contributed by atoms with Crippen molar-refractivity contribution in [1.29, 1.82) is 0 Å². The number of rotatable bonds is 18. The van der Waals surface area contributed by atoms with Crippen LogP contribution in [0.25, 0.3) is 0 Å². The summed E-state index contributed by atoms with van der Waals surface area (Å²) in [6, 6.07) is 15.1. The maximum atomic E-state index is 14.3. The van der Waals surface area contributed by atoms with Gasteiger partial charge in [0.2, 0.25) is 11.8 Å². The van der Waals surface area contributed by atoms with E-state index >= 15 is 0 Å². The van der Waals surface area contributed by atoms with Crippen LogP contribution in [-0.4, -0.2) is 70.6 Å². The summed E-state index contributed by atoms with van der Waals surface area (Å²) < 4.78 is 0. The summed E-state index contributed by atoms with van der Waals surface area (Å²) in [7, 11) is 0. The largest absolute Gasteiger partial charge is 0.480 e. The van der Waals surface area contributed by atoms with E-state index in [0.29, 0.717) is 24.9 Å². The Morgan fingerprint density at radius 3 is 1.98 bits per heavy atom. The molecule has 1 aliphatic rings. The van der Waals surface area contributed by atoms with E-state index in [0.717, 1.165) is 5.56 Å². The van der Waals surface area contributed by atoms with E-state index < -0.39 is 64.9 Å². The number of unbranched alkanes of at least 4 members (excludes halogenated alkanes) is 1. The number of piperidine rings is 1. The Kier molecular flexibility index (Phi) is 14.4. The molecular formula is C36H52N6O6. The third-order valence-electron chi connectivity index (χ3n) is 9.17. The fraction of sp³-hybridized carbons (Fsp3) is 0.528. The normalized spacial score (nSPS) is 17.5. The van der Waals surface area contributed by atoms with Gasteiger partial charge in [-0.3, -0.25) is 24.0 Å². The lowest BCUT2D eigenvalue weighted by Crippen LogP contribution is -2.58. The second kappa shape index (κ2) is 18.0. The molecule has 2 amide bonds. The zero-order valence-electron chi connectivity index (χ0n) is 28.1. The number of hydrogen-bond acceptors (Lipinski definition) is 9. The second-order valence-electron chi connectivity index (χ2n) is 13.3. The topological polar surface area (TPSA) is 225 Å². The number of ketones is 2. The van der Waals surface area contributed by atoms with E-state index in [-0.39, 0.29) is 51.1 Å². The number of hydrogen-bond donors (Lipinski definition) is 6. The molecule has 2 aromatic carbocycles. The van der Waals surface area contributed by atoms with Gasteiger partial charge in [-0.1, -0.05) is 80.9 Å². The average Bonchev–Trinajstić information content (AvgIpc) is 3.06. The number of nitrogens with one attached hydrogen (secondary N) is 1. The van der Waals surface area contributed by atoms with Gasteiger partial charge in [-0.15, -0.1) is 0 Å². The Hall–Kier alpha value is -3.97. The SMILES string of the molecule is CC(C)C[C@@H](NC(=O)[C@@H](C(=O)C[C@@H](N)c1ccccc1)C(N)c1ccccc1)C(=O)[C@@H](CCCCN)C(=O)N1CCC(N)(C(=O)O)CC1. The smallest absolute Gasteiger partial charge is 0.323 e. The van der Waals surface area contributed by atoms with Crippen LogP contribution in [0, 0.1) is 17.8 Å². The molecule has 1 aliphatic heterocycles. The zero-order valence-corrected chi connectivity index (χ0v) is 28.1.